The van der Waals surface area contributed by atoms with E-state index >= 15 is 0 Å². The molecule has 0 bridgehead atoms. The van der Waals surface area contributed by atoms with Gasteiger partial charge in [0.2, 0.25) is 0 Å². The van der Waals surface area contributed by atoms with Crippen LogP contribution >= 0.6 is 11.6 Å². The molecule has 0 aliphatic rings. The van der Waals surface area contributed by atoms with Crippen molar-refractivity contribution in [2.24, 2.45) is 0 Å². The lowest BCUT2D eigenvalue weighted by molar-refractivity contribution is 0.0770. The van der Waals surface area contributed by atoms with Gasteiger partial charge in [-0.3, -0.25) is 4.79 Å². The second-order valence-electron chi connectivity index (χ2n) is 4.73. The van der Waals surface area contributed by atoms with Crippen LogP contribution in [0, 0.1) is 0 Å². The first kappa shape index (κ1) is 16.2. The molecule has 116 valence electrons. The van der Waals surface area contributed by atoms with Gasteiger partial charge < -0.3 is 14.4 Å². The molecule has 22 heavy (non-hydrogen) atoms. The SMILES string of the molecule is COc1ccccc1C(=O)N(C)CCOc1cccc(Cl)c1. The normalized spacial score (nSPS) is 10.1. The van der Waals surface area contributed by atoms with Crippen LogP contribution in [0.15, 0.2) is 48.5 Å². The van der Waals surface area contributed by atoms with Crippen LogP contribution in [0.2, 0.25) is 5.02 Å². The topological polar surface area (TPSA) is 38.8 Å². The molecule has 0 spiro atoms. The Morgan fingerprint density at radius 2 is 1.95 bits per heavy atom. The molecule has 0 unspecified atom stereocenters. The van der Waals surface area contributed by atoms with Gasteiger partial charge in [0.15, 0.2) is 0 Å². The van der Waals surface area contributed by atoms with Gasteiger partial charge in [-0.2, -0.15) is 0 Å². The summed E-state index contributed by atoms with van der Waals surface area (Å²) in [5.41, 5.74) is 0.537. The number of para-hydroxylation sites is 1. The maximum absolute atomic E-state index is 12.4. The third-order valence-corrected chi connectivity index (χ3v) is 3.41. The molecule has 0 heterocycles. The standard InChI is InChI=1S/C17H18ClNO3/c1-19(10-11-22-14-7-5-6-13(18)12-14)17(20)15-8-3-4-9-16(15)21-2/h3-9,12H,10-11H2,1-2H3. The summed E-state index contributed by atoms with van der Waals surface area (Å²) < 4.78 is 10.8. The summed E-state index contributed by atoms with van der Waals surface area (Å²) in [5.74, 6) is 1.15. The number of nitrogens with zero attached hydrogens (tertiary/aromatic N) is 1. The number of carbonyl (C=O) groups is 1. The number of methoxy groups -OCH3 is 1. The highest BCUT2D eigenvalue weighted by atomic mass is 35.5. The molecule has 0 N–H and O–H groups in total. The molecular weight excluding hydrogens is 302 g/mol. The molecule has 0 saturated carbocycles. The number of likely N-dealkylation sites (N-methyl/N-ethyl adjacent to an activating group) is 1. The van der Waals surface area contributed by atoms with E-state index in [9.17, 15) is 4.79 Å². The second-order valence-corrected chi connectivity index (χ2v) is 5.17. The van der Waals surface area contributed by atoms with Gasteiger partial charge in [-0.05, 0) is 30.3 Å². The van der Waals surface area contributed by atoms with Crippen LogP contribution in [-0.2, 0) is 0 Å². The van der Waals surface area contributed by atoms with Crippen molar-refractivity contribution in [2.75, 3.05) is 27.3 Å². The molecule has 0 fully saturated rings. The summed E-state index contributed by atoms with van der Waals surface area (Å²) in [4.78, 5) is 14.0. The minimum atomic E-state index is -0.104. The number of ether oxygens (including phenoxy) is 2. The van der Waals surface area contributed by atoms with Crippen LogP contribution in [0.25, 0.3) is 0 Å². The fraction of sp³-hybridized carbons (Fsp3) is 0.235. The highest BCUT2D eigenvalue weighted by molar-refractivity contribution is 6.30. The first-order valence-electron chi connectivity index (χ1n) is 6.88. The molecular formula is C17H18ClNO3. The van der Waals surface area contributed by atoms with Crippen molar-refractivity contribution < 1.29 is 14.3 Å². The molecule has 5 heteroatoms. The van der Waals surface area contributed by atoms with Crippen LogP contribution in [-0.4, -0.2) is 38.1 Å². The Labute approximate surface area is 135 Å². The summed E-state index contributed by atoms with van der Waals surface area (Å²) in [6.45, 7) is 0.848. The van der Waals surface area contributed by atoms with Gasteiger partial charge in [0, 0.05) is 12.1 Å². The monoisotopic (exact) mass is 319 g/mol. The zero-order valence-corrected chi connectivity index (χ0v) is 13.3. The number of benzene rings is 2. The Kier molecular flexibility index (Phi) is 5.67. The summed E-state index contributed by atoms with van der Waals surface area (Å²) in [6.07, 6.45) is 0. The molecule has 0 saturated heterocycles. The molecule has 4 nitrogen and oxygen atoms in total. The minimum absolute atomic E-state index is 0.104. The average Bonchev–Trinajstić information content (AvgIpc) is 2.54. The maximum Gasteiger partial charge on any atom is 0.257 e. The number of hydrogen-bond donors (Lipinski definition) is 0. The van der Waals surface area contributed by atoms with Gasteiger partial charge in [0.25, 0.3) is 5.91 Å². The number of amides is 1. The largest absolute Gasteiger partial charge is 0.496 e. The van der Waals surface area contributed by atoms with E-state index in [4.69, 9.17) is 21.1 Å². The molecule has 0 radical (unpaired) electrons. The zero-order chi connectivity index (χ0) is 15.9. The highest BCUT2D eigenvalue weighted by Gasteiger charge is 2.15. The maximum atomic E-state index is 12.4. The lowest BCUT2D eigenvalue weighted by atomic mass is 10.2. The number of rotatable bonds is 6. The van der Waals surface area contributed by atoms with Gasteiger partial charge in [0.05, 0.1) is 19.2 Å². The van der Waals surface area contributed by atoms with Crippen LogP contribution < -0.4 is 9.47 Å². The van der Waals surface area contributed by atoms with Crippen LogP contribution in [0.3, 0.4) is 0 Å². The van der Waals surface area contributed by atoms with E-state index in [1.165, 1.54) is 0 Å². The molecule has 0 aromatic heterocycles. The Morgan fingerprint density at radius 3 is 2.68 bits per heavy atom. The Bertz CT molecular complexity index is 645. The zero-order valence-electron chi connectivity index (χ0n) is 12.6. The Balaban J connectivity index is 1.91. The van der Waals surface area contributed by atoms with Crippen LogP contribution in [0.5, 0.6) is 11.5 Å². The minimum Gasteiger partial charge on any atom is -0.496 e. The van der Waals surface area contributed by atoms with Gasteiger partial charge in [-0.1, -0.05) is 29.8 Å². The van der Waals surface area contributed by atoms with E-state index in [0.29, 0.717) is 35.2 Å². The smallest absolute Gasteiger partial charge is 0.257 e. The summed E-state index contributed by atoms with van der Waals surface area (Å²) in [7, 11) is 3.28. The van der Waals surface area contributed by atoms with Crippen molar-refractivity contribution in [3.05, 3.63) is 59.1 Å². The van der Waals surface area contributed by atoms with Gasteiger partial charge in [-0.25, -0.2) is 0 Å². The predicted octanol–water partition coefficient (Wildman–Crippen LogP) is 3.50. The van der Waals surface area contributed by atoms with Crippen LogP contribution in [0.4, 0.5) is 0 Å². The quantitative estimate of drug-likeness (QED) is 0.818. The van der Waals surface area contributed by atoms with Crippen molar-refractivity contribution in [1.82, 2.24) is 4.90 Å². The van der Waals surface area contributed by atoms with Crippen LogP contribution in [0.1, 0.15) is 10.4 Å². The van der Waals surface area contributed by atoms with E-state index in [1.807, 2.05) is 24.3 Å². The van der Waals surface area contributed by atoms with Crippen molar-refractivity contribution in [3.8, 4) is 11.5 Å². The lowest BCUT2D eigenvalue weighted by Gasteiger charge is -2.19. The molecule has 0 aliphatic heterocycles. The molecule has 2 rings (SSSR count). The first-order valence-corrected chi connectivity index (χ1v) is 7.26. The van der Waals surface area contributed by atoms with E-state index in [-0.39, 0.29) is 5.91 Å². The van der Waals surface area contributed by atoms with Gasteiger partial charge in [0.1, 0.15) is 18.1 Å². The predicted molar refractivity (Wildman–Crippen MR) is 86.9 cm³/mol. The third-order valence-electron chi connectivity index (χ3n) is 3.18. The highest BCUT2D eigenvalue weighted by Crippen LogP contribution is 2.19. The second kappa shape index (κ2) is 7.71. The Hall–Kier alpha value is -2.20. The van der Waals surface area contributed by atoms with Crippen molar-refractivity contribution in [2.45, 2.75) is 0 Å². The lowest BCUT2D eigenvalue weighted by Crippen LogP contribution is -2.31. The van der Waals surface area contributed by atoms with E-state index in [0.717, 1.165) is 0 Å². The average molecular weight is 320 g/mol. The van der Waals surface area contributed by atoms with Crippen molar-refractivity contribution in [3.63, 3.8) is 0 Å². The molecule has 1 amide bonds. The molecule has 0 atom stereocenters. The summed E-state index contributed by atoms with van der Waals surface area (Å²) in [5, 5.41) is 0.621. The van der Waals surface area contributed by atoms with Gasteiger partial charge in [-0.15, -0.1) is 0 Å². The van der Waals surface area contributed by atoms with E-state index in [1.54, 1.807) is 43.3 Å². The molecule has 0 aliphatic carbocycles. The Morgan fingerprint density at radius 1 is 1.18 bits per heavy atom. The van der Waals surface area contributed by atoms with Crippen molar-refractivity contribution in [1.29, 1.82) is 0 Å². The number of carbonyl (C=O) groups excluding carboxylic acids is 1. The fourth-order valence-corrected chi connectivity index (χ4v) is 2.17. The van der Waals surface area contributed by atoms with E-state index in [2.05, 4.69) is 0 Å². The summed E-state index contributed by atoms with van der Waals surface area (Å²) >= 11 is 5.89. The first-order chi connectivity index (χ1) is 10.6. The fourth-order valence-electron chi connectivity index (χ4n) is 1.99. The number of halogens is 1. The van der Waals surface area contributed by atoms with Crippen molar-refractivity contribution >= 4 is 17.5 Å². The molecule has 2 aromatic rings. The summed E-state index contributed by atoms with van der Waals surface area (Å²) in [6, 6.07) is 14.3. The van der Waals surface area contributed by atoms with Gasteiger partial charge >= 0.3 is 0 Å². The van der Waals surface area contributed by atoms with E-state index < -0.39 is 0 Å². The third kappa shape index (κ3) is 4.15. The number of hydrogen-bond acceptors (Lipinski definition) is 3. The molecule has 2 aromatic carbocycles.